The first-order valence-electron chi connectivity index (χ1n) is 9.06. The number of pyridine rings is 1. The molecule has 0 amide bonds. The largest absolute Gasteiger partial charge is 0.382 e. The van der Waals surface area contributed by atoms with Crippen LogP contribution in [0, 0.1) is 6.92 Å². The molecule has 5 rings (SSSR count). The first-order chi connectivity index (χ1) is 13.7. The lowest BCUT2D eigenvalue weighted by molar-refractivity contribution is 0.812. The predicted molar refractivity (Wildman–Crippen MR) is 111 cm³/mol. The van der Waals surface area contributed by atoms with Gasteiger partial charge < -0.3 is 10.3 Å². The van der Waals surface area contributed by atoms with Gasteiger partial charge in [-0.25, -0.2) is 19.9 Å². The maximum absolute atomic E-state index is 5.94. The van der Waals surface area contributed by atoms with E-state index in [1.165, 1.54) is 6.33 Å². The van der Waals surface area contributed by atoms with Crippen LogP contribution in [-0.4, -0.2) is 24.5 Å². The van der Waals surface area contributed by atoms with Crippen LogP contribution in [0.15, 0.2) is 67.3 Å². The van der Waals surface area contributed by atoms with E-state index in [0.29, 0.717) is 17.9 Å². The molecule has 0 spiro atoms. The van der Waals surface area contributed by atoms with Gasteiger partial charge in [0.2, 0.25) is 0 Å². The number of benzene rings is 2. The molecule has 0 aliphatic heterocycles. The first kappa shape index (κ1) is 16.4. The van der Waals surface area contributed by atoms with Crippen LogP contribution >= 0.6 is 0 Å². The number of hydrogen-bond donors (Lipinski definition) is 1. The maximum atomic E-state index is 5.94. The minimum atomic E-state index is 0.388. The van der Waals surface area contributed by atoms with Crippen molar-refractivity contribution in [3.05, 3.63) is 78.4 Å². The number of nitrogens with zero attached hydrogens (tertiary/aromatic N) is 5. The predicted octanol–water partition coefficient (Wildman–Crippen LogP) is 3.98. The minimum Gasteiger partial charge on any atom is -0.382 e. The van der Waals surface area contributed by atoms with Gasteiger partial charge in [-0.05, 0) is 24.1 Å². The molecule has 5 aromatic rings. The van der Waals surface area contributed by atoms with Crippen LogP contribution in [0.2, 0.25) is 0 Å². The third kappa shape index (κ3) is 2.66. The molecule has 0 atom stereocenters. The molecule has 2 N–H and O–H groups in total. The molecule has 0 bridgehead atoms. The molecular weight excluding hydrogens is 348 g/mol. The van der Waals surface area contributed by atoms with Crippen LogP contribution in [0.4, 0.5) is 5.82 Å². The quantitative estimate of drug-likeness (QED) is 0.522. The summed E-state index contributed by atoms with van der Waals surface area (Å²) >= 11 is 0. The molecule has 0 radical (unpaired) electrons. The molecule has 28 heavy (non-hydrogen) atoms. The van der Waals surface area contributed by atoms with Gasteiger partial charge >= 0.3 is 0 Å². The highest BCUT2D eigenvalue weighted by Gasteiger charge is 2.14. The van der Waals surface area contributed by atoms with Gasteiger partial charge in [-0.15, -0.1) is 0 Å². The molecule has 6 heteroatoms. The van der Waals surface area contributed by atoms with Crippen LogP contribution in [0.25, 0.3) is 33.3 Å². The fraction of sp³-hybridized carbons (Fsp3) is 0.0909. The lowest BCUT2D eigenvalue weighted by atomic mass is 10.0. The van der Waals surface area contributed by atoms with Gasteiger partial charge in [0.05, 0.1) is 24.1 Å². The molecule has 0 unspecified atom stereocenters. The van der Waals surface area contributed by atoms with Crippen LogP contribution in [0.5, 0.6) is 0 Å². The molecule has 3 aromatic heterocycles. The molecule has 136 valence electrons. The number of nitrogens with two attached hydrogens (primary N) is 1. The third-order valence-corrected chi connectivity index (χ3v) is 4.94. The average Bonchev–Trinajstić information content (AvgIpc) is 3.13. The van der Waals surface area contributed by atoms with E-state index in [1.807, 2.05) is 22.8 Å². The number of hydrogen-bond acceptors (Lipinski definition) is 5. The highest BCUT2D eigenvalue weighted by molar-refractivity contribution is 5.86. The summed E-state index contributed by atoms with van der Waals surface area (Å²) in [6, 6.07) is 18.7. The number of aryl methyl sites for hydroxylation is 1. The SMILES string of the molecule is Cc1cccc2cc(Cn3cnc4c(N)ncnc43)c(-c3ccccc3)nc12. The first-order valence-corrected chi connectivity index (χ1v) is 9.06. The molecule has 0 aliphatic carbocycles. The Labute approximate surface area is 161 Å². The van der Waals surface area contributed by atoms with Crippen molar-refractivity contribution in [2.45, 2.75) is 13.5 Å². The Balaban J connectivity index is 1.72. The van der Waals surface area contributed by atoms with Gasteiger partial charge in [-0.3, -0.25) is 0 Å². The minimum absolute atomic E-state index is 0.388. The van der Waals surface area contributed by atoms with Crippen molar-refractivity contribution in [1.82, 2.24) is 24.5 Å². The van der Waals surface area contributed by atoms with Crippen LogP contribution in [-0.2, 0) is 6.54 Å². The smallest absolute Gasteiger partial charge is 0.165 e. The van der Waals surface area contributed by atoms with Gasteiger partial charge in [0, 0.05) is 10.9 Å². The van der Waals surface area contributed by atoms with Crippen molar-refractivity contribution >= 4 is 27.9 Å². The monoisotopic (exact) mass is 366 g/mol. The summed E-state index contributed by atoms with van der Waals surface area (Å²) in [5.41, 5.74) is 12.6. The molecule has 2 aromatic carbocycles. The normalized spacial score (nSPS) is 11.3. The fourth-order valence-corrected chi connectivity index (χ4v) is 3.56. The molecule has 3 heterocycles. The van der Waals surface area contributed by atoms with Gasteiger partial charge in [0.15, 0.2) is 11.5 Å². The molecule has 0 saturated heterocycles. The zero-order valence-corrected chi connectivity index (χ0v) is 15.4. The number of anilines is 1. The van der Waals surface area contributed by atoms with Crippen molar-refractivity contribution in [3.63, 3.8) is 0 Å². The average molecular weight is 366 g/mol. The van der Waals surface area contributed by atoms with E-state index in [2.05, 4.69) is 58.3 Å². The Kier molecular flexibility index (Phi) is 3.76. The van der Waals surface area contributed by atoms with Gasteiger partial charge in [0.1, 0.15) is 11.8 Å². The highest BCUT2D eigenvalue weighted by Crippen LogP contribution is 2.28. The second kappa shape index (κ2) is 6.42. The Morgan fingerprint density at radius 1 is 0.929 bits per heavy atom. The fourth-order valence-electron chi connectivity index (χ4n) is 3.56. The number of imidazole rings is 1. The summed E-state index contributed by atoms with van der Waals surface area (Å²) in [7, 11) is 0. The number of nitrogen functional groups attached to an aromatic ring is 1. The summed E-state index contributed by atoms with van der Waals surface area (Å²) in [6.45, 7) is 2.68. The zero-order chi connectivity index (χ0) is 19.1. The lowest BCUT2D eigenvalue weighted by Gasteiger charge is -2.13. The van der Waals surface area contributed by atoms with E-state index in [1.54, 1.807) is 6.33 Å². The van der Waals surface area contributed by atoms with Gasteiger partial charge in [0.25, 0.3) is 0 Å². The van der Waals surface area contributed by atoms with Crippen molar-refractivity contribution < 1.29 is 0 Å². The zero-order valence-electron chi connectivity index (χ0n) is 15.4. The van der Waals surface area contributed by atoms with Gasteiger partial charge in [-0.1, -0.05) is 48.5 Å². The number of rotatable bonds is 3. The Morgan fingerprint density at radius 3 is 2.64 bits per heavy atom. The maximum Gasteiger partial charge on any atom is 0.165 e. The second-order valence-electron chi connectivity index (χ2n) is 6.81. The van der Waals surface area contributed by atoms with E-state index in [9.17, 15) is 0 Å². The van der Waals surface area contributed by atoms with Crippen molar-refractivity contribution in [1.29, 1.82) is 0 Å². The number of aromatic nitrogens is 5. The standard InChI is InChI=1S/C22H18N6/c1-14-6-5-9-16-10-17(19(27-18(14)16)15-7-3-2-4-8-15)11-28-13-26-20-21(23)24-12-25-22(20)28/h2-10,12-13H,11H2,1H3,(H2,23,24,25). The lowest BCUT2D eigenvalue weighted by Crippen LogP contribution is -2.04. The van der Waals surface area contributed by atoms with Crippen LogP contribution in [0.3, 0.4) is 0 Å². The van der Waals surface area contributed by atoms with E-state index in [4.69, 9.17) is 10.7 Å². The number of para-hydroxylation sites is 1. The summed E-state index contributed by atoms with van der Waals surface area (Å²) in [6.07, 6.45) is 3.22. The summed E-state index contributed by atoms with van der Waals surface area (Å²) in [5.74, 6) is 0.388. The van der Waals surface area contributed by atoms with E-state index >= 15 is 0 Å². The Bertz CT molecular complexity index is 1310. The van der Waals surface area contributed by atoms with E-state index in [0.717, 1.165) is 38.9 Å². The summed E-state index contributed by atoms with van der Waals surface area (Å²) < 4.78 is 1.98. The summed E-state index contributed by atoms with van der Waals surface area (Å²) in [5, 5.41) is 1.12. The molecular formula is C22H18N6. The van der Waals surface area contributed by atoms with Crippen LogP contribution < -0.4 is 5.73 Å². The molecule has 0 fully saturated rings. The van der Waals surface area contributed by atoms with Crippen molar-refractivity contribution in [2.75, 3.05) is 5.73 Å². The van der Waals surface area contributed by atoms with Crippen molar-refractivity contribution in [2.24, 2.45) is 0 Å². The topological polar surface area (TPSA) is 82.5 Å². The number of fused-ring (bicyclic) bond motifs is 2. The van der Waals surface area contributed by atoms with E-state index in [-0.39, 0.29) is 0 Å². The second-order valence-corrected chi connectivity index (χ2v) is 6.81. The highest BCUT2D eigenvalue weighted by atomic mass is 15.1. The molecule has 6 nitrogen and oxygen atoms in total. The Morgan fingerprint density at radius 2 is 1.79 bits per heavy atom. The molecule has 0 aliphatic rings. The molecule has 0 saturated carbocycles. The third-order valence-electron chi connectivity index (χ3n) is 4.94. The Hall–Kier alpha value is -3.80. The van der Waals surface area contributed by atoms with Crippen LogP contribution in [0.1, 0.15) is 11.1 Å². The summed E-state index contributed by atoms with van der Waals surface area (Å²) in [4.78, 5) is 17.8. The van der Waals surface area contributed by atoms with Gasteiger partial charge in [-0.2, -0.15) is 0 Å². The van der Waals surface area contributed by atoms with E-state index < -0.39 is 0 Å². The van der Waals surface area contributed by atoms with Crippen molar-refractivity contribution in [3.8, 4) is 11.3 Å².